The van der Waals surface area contributed by atoms with Crippen LogP contribution < -0.4 is 5.32 Å². The molecule has 2 N–H and O–H groups in total. The molecule has 6 heteroatoms. The van der Waals surface area contributed by atoms with Crippen LogP contribution in [-0.4, -0.2) is 46.3 Å². The quantitative estimate of drug-likeness (QED) is 0.682. The maximum Gasteiger partial charge on any atom is 0.270 e. The van der Waals surface area contributed by atoms with Crippen molar-refractivity contribution in [2.24, 2.45) is 0 Å². The third-order valence-corrected chi connectivity index (χ3v) is 6.39. The zero-order valence-electron chi connectivity index (χ0n) is 17.5. The Kier molecular flexibility index (Phi) is 5.66. The van der Waals surface area contributed by atoms with Gasteiger partial charge < -0.3 is 15.2 Å². The lowest BCUT2D eigenvalue weighted by Crippen LogP contribution is -2.48. The van der Waals surface area contributed by atoms with Gasteiger partial charge >= 0.3 is 0 Å². The number of hydrogen-bond donors (Lipinski definition) is 2. The molecule has 160 valence electrons. The highest BCUT2D eigenvalue weighted by molar-refractivity contribution is 5.93. The van der Waals surface area contributed by atoms with Gasteiger partial charge in [0.1, 0.15) is 5.69 Å². The van der Waals surface area contributed by atoms with E-state index in [1.807, 2.05) is 30.5 Å². The van der Waals surface area contributed by atoms with Crippen LogP contribution in [0.3, 0.4) is 0 Å². The zero-order chi connectivity index (χ0) is 21.2. The molecule has 1 aromatic carbocycles. The van der Waals surface area contributed by atoms with Gasteiger partial charge in [0.2, 0.25) is 0 Å². The Balaban J connectivity index is 1.48. The monoisotopic (exact) mass is 417 g/mol. The number of benzene rings is 1. The first-order valence-electron chi connectivity index (χ1n) is 11.1. The predicted octanol–water partition coefficient (Wildman–Crippen LogP) is 2.98. The molecule has 0 bridgehead atoms. The summed E-state index contributed by atoms with van der Waals surface area (Å²) in [7, 11) is 0. The van der Waals surface area contributed by atoms with Crippen molar-refractivity contribution in [2.75, 3.05) is 13.2 Å². The van der Waals surface area contributed by atoms with Gasteiger partial charge in [0.05, 0.1) is 24.3 Å². The normalized spacial score (nSPS) is 20.9. The van der Waals surface area contributed by atoms with Crippen LogP contribution in [0.25, 0.3) is 10.9 Å². The van der Waals surface area contributed by atoms with Gasteiger partial charge in [-0.3, -0.25) is 9.78 Å². The molecule has 5 rings (SSSR count). The van der Waals surface area contributed by atoms with Crippen LogP contribution in [0.4, 0.5) is 0 Å². The van der Waals surface area contributed by atoms with Crippen LogP contribution in [-0.2, 0) is 24.0 Å². The molecule has 0 spiro atoms. The number of aliphatic hydroxyl groups is 1. The average molecular weight is 418 g/mol. The van der Waals surface area contributed by atoms with E-state index in [1.165, 1.54) is 16.7 Å². The van der Waals surface area contributed by atoms with E-state index in [2.05, 4.69) is 22.4 Å². The van der Waals surface area contributed by atoms with Crippen LogP contribution in [0.2, 0.25) is 0 Å². The Hall–Kier alpha value is -2.83. The summed E-state index contributed by atoms with van der Waals surface area (Å²) in [6.07, 6.45) is 6.67. The Morgan fingerprint density at radius 1 is 1.16 bits per heavy atom. The van der Waals surface area contributed by atoms with Crippen molar-refractivity contribution < 1.29 is 14.6 Å². The van der Waals surface area contributed by atoms with E-state index in [0.29, 0.717) is 18.7 Å². The fraction of sp³-hybridized carbons (Fsp3) is 0.400. The highest BCUT2D eigenvalue weighted by Crippen LogP contribution is 2.28. The SMILES string of the molecule is O=C(N[C@H]1CCOC[C@@H]1O)c1cc(Cc2ccnc3ccccc23)c2c(n1)CCCC2. The number of ether oxygens (including phenoxy) is 1. The maximum absolute atomic E-state index is 13.0. The van der Waals surface area contributed by atoms with E-state index in [-0.39, 0.29) is 18.6 Å². The largest absolute Gasteiger partial charge is 0.389 e. The molecule has 31 heavy (non-hydrogen) atoms. The second-order valence-corrected chi connectivity index (χ2v) is 8.47. The summed E-state index contributed by atoms with van der Waals surface area (Å²) in [5, 5.41) is 14.3. The van der Waals surface area contributed by atoms with E-state index >= 15 is 0 Å². The number of rotatable bonds is 4. The zero-order valence-corrected chi connectivity index (χ0v) is 17.5. The first-order valence-corrected chi connectivity index (χ1v) is 11.1. The molecule has 1 aliphatic heterocycles. The van der Waals surface area contributed by atoms with Crippen molar-refractivity contribution in [1.29, 1.82) is 0 Å². The number of carbonyl (C=O) groups excluding carboxylic acids is 1. The molecule has 3 heterocycles. The van der Waals surface area contributed by atoms with Crippen LogP contribution in [0.1, 0.15) is 52.1 Å². The van der Waals surface area contributed by atoms with Gasteiger partial charge in [-0.2, -0.15) is 0 Å². The lowest BCUT2D eigenvalue weighted by molar-refractivity contribution is -0.0261. The number of fused-ring (bicyclic) bond motifs is 2. The third kappa shape index (κ3) is 4.18. The van der Waals surface area contributed by atoms with Crippen molar-refractivity contribution in [3.05, 3.63) is 70.7 Å². The molecule has 0 saturated carbocycles. The molecule has 1 amide bonds. The number of aliphatic hydroxyl groups excluding tert-OH is 1. The number of aryl methyl sites for hydroxylation is 1. The fourth-order valence-electron chi connectivity index (χ4n) is 4.71. The predicted molar refractivity (Wildman–Crippen MR) is 118 cm³/mol. The highest BCUT2D eigenvalue weighted by atomic mass is 16.5. The molecule has 1 fully saturated rings. The van der Waals surface area contributed by atoms with Crippen molar-refractivity contribution >= 4 is 16.8 Å². The summed E-state index contributed by atoms with van der Waals surface area (Å²) in [5.41, 5.74) is 6.12. The maximum atomic E-state index is 13.0. The van der Waals surface area contributed by atoms with E-state index < -0.39 is 6.10 Å². The highest BCUT2D eigenvalue weighted by Gasteiger charge is 2.27. The smallest absolute Gasteiger partial charge is 0.270 e. The van der Waals surface area contributed by atoms with E-state index in [1.54, 1.807) is 0 Å². The first kappa shape index (κ1) is 20.1. The van der Waals surface area contributed by atoms with Crippen molar-refractivity contribution in [3.8, 4) is 0 Å². The number of amides is 1. The lowest BCUT2D eigenvalue weighted by Gasteiger charge is -2.28. The second-order valence-electron chi connectivity index (χ2n) is 8.47. The van der Waals surface area contributed by atoms with Gasteiger partial charge in [-0.15, -0.1) is 0 Å². The minimum absolute atomic E-state index is 0.222. The molecule has 1 aliphatic carbocycles. The Morgan fingerprint density at radius 2 is 2.03 bits per heavy atom. The van der Waals surface area contributed by atoms with Crippen molar-refractivity contribution in [2.45, 2.75) is 50.7 Å². The van der Waals surface area contributed by atoms with Gasteiger partial charge in [-0.25, -0.2) is 4.98 Å². The Morgan fingerprint density at radius 3 is 2.94 bits per heavy atom. The standard InChI is InChI=1S/C25H27N3O3/c29-24-15-31-12-10-22(24)28-25(30)23-14-17(19-6-2-4-8-21(19)27-23)13-16-9-11-26-20-7-3-1-5-18(16)20/h1,3,5,7,9,11,14,22,24,29H,2,4,6,8,10,12-13,15H2,(H,28,30)/t22-,24-/m0/s1. The summed E-state index contributed by atoms with van der Waals surface area (Å²) >= 11 is 0. The molecule has 6 nitrogen and oxygen atoms in total. The summed E-state index contributed by atoms with van der Waals surface area (Å²) in [6, 6.07) is 11.9. The van der Waals surface area contributed by atoms with E-state index in [9.17, 15) is 9.90 Å². The lowest BCUT2D eigenvalue weighted by atomic mass is 9.88. The topological polar surface area (TPSA) is 84.3 Å². The molecule has 0 unspecified atom stereocenters. The molecule has 2 aliphatic rings. The minimum Gasteiger partial charge on any atom is -0.389 e. The number of pyridine rings is 2. The Bertz CT molecular complexity index is 1110. The summed E-state index contributed by atoms with van der Waals surface area (Å²) in [5.74, 6) is -0.222. The van der Waals surface area contributed by atoms with Crippen LogP contribution >= 0.6 is 0 Å². The first-order chi connectivity index (χ1) is 15.2. The summed E-state index contributed by atoms with van der Waals surface area (Å²) in [4.78, 5) is 22.2. The van der Waals surface area contributed by atoms with Gasteiger partial charge in [0.25, 0.3) is 5.91 Å². The molecule has 1 saturated heterocycles. The van der Waals surface area contributed by atoms with Crippen molar-refractivity contribution in [1.82, 2.24) is 15.3 Å². The van der Waals surface area contributed by atoms with Crippen molar-refractivity contribution in [3.63, 3.8) is 0 Å². The molecular formula is C25H27N3O3. The van der Waals surface area contributed by atoms with E-state index in [0.717, 1.165) is 48.7 Å². The number of hydrogen-bond acceptors (Lipinski definition) is 5. The van der Waals surface area contributed by atoms with Crippen LogP contribution in [0.15, 0.2) is 42.6 Å². The number of para-hydroxylation sites is 1. The number of nitrogens with zero attached hydrogens (tertiary/aromatic N) is 2. The van der Waals surface area contributed by atoms with Gasteiger partial charge in [0, 0.05) is 23.9 Å². The molecule has 3 aromatic rings. The minimum atomic E-state index is -0.682. The fourth-order valence-corrected chi connectivity index (χ4v) is 4.71. The molecule has 0 radical (unpaired) electrons. The number of aromatic nitrogens is 2. The Labute approximate surface area is 181 Å². The summed E-state index contributed by atoms with van der Waals surface area (Å²) < 4.78 is 5.27. The molecule has 2 atom stereocenters. The average Bonchev–Trinajstić information content (AvgIpc) is 2.80. The molecule has 2 aromatic heterocycles. The second kappa shape index (κ2) is 8.73. The van der Waals surface area contributed by atoms with E-state index in [4.69, 9.17) is 9.72 Å². The third-order valence-electron chi connectivity index (χ3n) is 6.39. The molecular weight excluding hydrogens is 390 g/mol. The van der Waals surface area contributed by atoms with Crippen LogP contribution in [0.5, 0.6) is 0 Å². The van der Waals surface area contributed by atoms with Gasteiger partial charge in [0.15, 0.2) is 0 Å². The van der Waals surface area contributed by atoms with Gasteiger partial charge in [-0.05, 0) is 73.4 Å². The number of nitrogens with one attached hydrogen (secondary N) is 1. The number of carbonyl (C=O) groups is 1. The summed E-state index contributed by atoms with van der Waals surface area (Å²) in [6.45, 7) is 0.795. The van der Waals surface area contributed by atoms with Gasteiger partial charge in [-0.1, -0.05) is 18.2 Å². The van der Waals surface area contributed by atoms with Crippen LogP contribution in [0, 0.1) is 0 Å².